The molecule has 1 fully saturated rings. The van der Waals surface area contributed by atoms with Crippen LogP contribution in [0, 0.1) is 11.8 Å². The second-order valence-electron chi connectivity index (χ2n) is 5.72. The first kappa shape index (κ1) is 15.3. The van der Waals surface area contributed by atoms with Gasteiger partial charge in [-0.15, -0.1) is 0 Å². The quantitative estimate of drug-likeness (QED) is 0.761. The third-order valence-corrected chi connectivity index (χ3v) is 5.04. The van der Waals surface area contributed by atoms with E-state index in [0.717, 1.165) is 23.6 Å². The van der Waals surface area contributed by atoms with Gasteiger partial charge in [0.05, 0.1) is 0 Å². The van der Waals surface area contributed by atoms with E-state index in [-0.39, 0.29) is 0 Å². The smallest absolute Gasteiger partial charge is 0.0172 e. The van der Waals surface area contributed by atoms with Gasteiger partial charge in [-0.2, -0.15) is 11.8 Å². The molecule has 0 bridgehead atoms. The fourth-order valence-corrected chi connectivity index (χ4v) is 3.84. The highest BCUT2D eigenvalue weighted by atomic mass is 32.2. The van der Waals surface area contributed by atoms with E-state index in [1.54, 1.807) is 0 Å². The summed E-state index contributed by atoms with van der Waals surface area (Å²) >= 11 is 2.15. The molecular weight excluding hydrogens is 228 g/mol. The van der Waals surface area contributed by atoms with E-state index in [2.05, 4.69) is 37.4 Å². The number of nitrogens with zero attached hydrogens (tertiary/aromatic N) is 1. The highest BCUT2D eigenvalue weighted by Gasteiger charge is 2.19. The molecule has 1 rings (SSSR count). The Labute approximate surface area is 112 Å². The highest BCUT2D eigenvalue weighted by molar-refractivity contribution is 8.00. The van der Waals surface area contributed by atoms with Gasteiger partial charge in [0.1, 0.15) is 0 Å². The van der Waals surface area contributed by atoms with E-state index in [9.17, 15) is 0 Å². The summed E-state index contributed by atoms with van der Waals surface area (Å²) in [5.41, 5.74) is 5.87. The van der Waals surface area contributed by atoms with Gasteiger partial charge in [-0.1, -0.05) is 20.8 Å². The van der Waals surface area contributed by atoms with Gasteiger partial charge in [0.15, 0.2) is 0 Å². The van der Waals surface area contributed by atoms with Crippen LogP contribution in [0.5, 0.6) is 0 Å². The van der Waals surface area contributed by atoms with Crippen LogP contribution in [0.15, 0.2) is 0 Å². The zero-order valence-electron chi connectivity index (χ0n) is 11.8. The first-order valence-corrected chi connectivity index (χ1v) is 8.24. The maximum absolute atomic E-state index is 5.87. The normalized spacial score (nSPS) is 24.2. The third kappa shape index (κ3) is 6.12. The van der Waals surface area contributed by atoms with Crippen LogP contribution in [0.4, 0.5) is 0 Å². The highest BCUT2D eigenvalue weighted by Crippen LogP contribution is 2.22. The summed E-state index contributed by atoms with van der Waals surface area (Å²) in [6, 6.07) is 0. The van der Waals surface area contributed by atoms with Gasteiger partial charge in [-0.3, -0.25) is 0 Å². The van der Waals surface area contributed by atoms with E-state index in [4.69, 9.17) is 5.73 Å². The molecular formula is C14H30N2S. The summed E-state index contributed by atoms with van der Waals surface area (Å²) in [6.07, 6.45) is 3.89. The zero-order valence-corrected chi connectivity index (χ0v) is 12.6. The summed E-state index contributed by atoms with van der Waals surface area (Å²) in [6.45, 7) is 11.6. The number of thioether (sulfide) groups is 1. The van der Waals surface area contributed by atoms with Crippen LogP contribution in [0.1, 0.15) is 40.0 Å². The molecule has 2 N–H and O–H groups in total. The molecule has 3 heteroatoms. The minimum absolute atomic E-state index is 0.727. The monoisotopic (exact) mass is 258 g/mol. The Morgan fingerprint density at radius 3 is 2.76 bits per heavy atom. The summed E-state index contributed by atoms with van der Waals surface area (Å²) in [5, 5.41) is 0.866. The van der Waals surface area contributed by atoms with Crippen LogP contribution in [-0.2, 0) is 0 Å². The summed E-state index contributed by atoms with van der Waals surface area (Å²) < 4.78 is 0. The van der Waals surface area contributed by atoms with Crippen molar-refractivity contribution in [2.24, 2.45) is 17.6 Å². The molecule has 2 atom stereocenters. The molecule has 102 valence electrons. The van der Waals surface area contributed by atoms with Crippen LogP contribution < -0.4 is 5.73 Å². The number of hydrogen-bond donors (Lipinski definition) is 1. The topological polar surface area (TPSA) is 29.3 Å². The van der Waals surface area contributed by atoms with Crippen molar-refractivity contribution in [1.29, 1.82) is 0 Å². The zero-order chi connectivity index (χ0) is 12.7. The molecule has 1 heterocycles. The Kier molecular flexibility index (Phi) is 7.56. The van der Waals surface area contributed by atoms with Gasteiger partial charge >= 0.3 is 0 Å². The molecule has 0 aromatic carbocycles. The largest absolute Gasteiger partial charge is 0.330 e. The lowest BCUT2D eigenvalue weighted by atomic mass is 9.94. The van der Waals surface area contributed by atoms with Gasteiger partial charge in [0.25, 0.3) is 0 Å². The molecule has 1 saturated heterocycles. The molecule has 2 nitrogen and oxygen atoms in total. The minimum atomic E-state index is 0.727. The van der Waals surface area contributed by atoms with Gasteiger partial charge in [0, 0.05) is 24.1 Å². The molecule has 0 radical (unpaired) electrons. The number of hydrogen-bond acceptors (Lipinski definition) is 3. The predicted molar refractivity (Wildman–Crippen MR) is 79.6 cm³/mol. The van der Waals surface area contributed by atoms with Crippen molar-refractivity contribution in [3.63, 3.8) is 0 Å². The average Bonchev–Trinajstić information content (AvgIpc) is 2.34. The Morgan fingerprint density at radius 1 is 1.41 bits per heavy atom. The fourth-order valence-electron chi connectivity index (χ4n) is 2.59. The van der Waals surface area contributed by atoms with Crippen LogP contribution >= 0.6 is 11.8 Å². The lowest BCUT2D eigenvalue weighted by molar-refractivity contribution is 0.248. The van der Waals surface area contributed by atoms with E-state index in [1.165, 1.54) is 44.6 Å². The molecule has 17 heavy (non-hydrogen) atoms. The predicted octanol–water partition coefficient (Wildman–Crippen LogP) is 2.82. The first-order chi connectivity index (χ1) is 8.15. The molecule has 0 spiro atoms. The lowest BCUT2D eigenvalue weighted by Gasteiger charge is -2.32. The SMILES string of the molecule is CCC1CN(CCC(CN)CC(C)C)CCS1. The van der Waals surface area contributed by atoms with Crippen molar-refractivity contribution in [2.45, 2.75) is 45.3 Å². The molecule has 0 aromatic rings. The van der Waals surface area contributed by atoms with Gasteiger partial charge in [0.2, 0.25) is 0 Å². The van der Waals surface area contributed by atoms with E-state index in [0.29, 0.717) is 0 Å². The first-order valence-electron chi connectivity index (χ1n) is 7.19. The Hall–Kier alpha value is 0.270. The molecule has 1 aliphatic rings. The van der Waals surface area contributed by atoms with Crippen molar-refractivity contribution in [1.82, 2.24) is 4.90 Å². The maximum atomic E-state index is 5.87. The Morgan fingerprint density at radius 2 is 2.18 bits per heavy atom. The van der Waals surface area contributed by atoms with Crippen molar-refractivity contribution >= 4 is 11.8 Å². The average molecular weight is 258 g/mol. The number of rotatable bonds is 7. The van der Waals surface area contributed by atoms with Crippen LogP contribution in [-0.4, -0.2) is 42.1 Å². The van der Waals surface area contributed by atoms with Crippen molar-refractivity contribution in [3.8, 4) is 0 Å². The van der Waals surface area contributed by atoms with E-state index >= 15 is 0 Å². The van der Waals surface area contributed by atoms with E-state index < -0.39 is 0 Å². The summed E-state index contributed by atoms with van der Waals surface area (Å²) in [4.78, 5) is 2.65. The molecule has 2 unspecified atom stereocenters. The Balaban J connectivity index is 2.23. The molecule has 0 amide bonds. The summed E-state index contributed by atoms with van der Waals surface area (Å²) in [7, 11) is 0. The van der Waals surface area contributed by atoms with Crippen molar-refractivity contribution in [3.05, 3.63) is 0 Å². The van der Waals surface area contributed by atoms with Crippen LogP contribution in [0.3, 0.4) is 0 Å². The number of nitrogens with two attached hydrogens (primary N) is 1. The molecule has 0 saturated carbocycles. The van der Waals surface area contributed by atoms with E-state index in [1.807, 2.05) is 0 Å². The molecule has 1 aliphatic heterocycles. The molecule has 0 aliphatic carbocycles. The minimum Gasteiger partial charge on any atom is -0.330 e. The van der Waals surface area contributed by atoms with Crippen LogP contribution in [0.25, 0.3) is 0 Å². The van der Waals surface area contributed by atoms with Gasteiger partial charge in [-0.25, -0.2) is 0 Å². The lowest BCUT2D eigenvalue weighted by Crippen LogP contribution is -2.39. The Bertz CT molecular complexity index is 197. The van der Waals surface area contributed by atoms with Crippen LogP contribution in [0.2, 0.25) is 0 Å². The van der Waals surface area contributed by atoms with Gasteiger partial charge < -0.3 is 10.6 Å². The maximum Gasteiger partial charge on any atom is 0.0172 e. The van der Waals surface area contributed by atoms with Gasteiger partial charge in [-0.05, 0) is 44.2 Å². The van der Waals surface area contributed by atoms with Crippen molar-refractivity contribution in [2.75, 3.05) is 31.9 Å². The second kappa shape index (κ2) is 8.39. The van der Waals surface area contributed by atoms with Crippen molar-refractivity contribution < 1.29 is 0 Å². The summed E-state index contributed by atoms with van der Waals surface area (Å²) in [5.74, 6) is 2.82. The molecule has 0 aromatic heterocycles. The fraction of sp³-hybridized carbons (Fsp3) is 1.00. The second-order valence-corrected chi connectivity index (χ2v) is 7.13. The standard InChI is InChI=1S/C14H30N2S/c1-4-14-11-16(7-8-17-14)6-5-13(10-15)9-12(2)3/h12-14H,4-11,15H2,1-3H3. The third-order valence-electron chi connectivity index (χ3n) is 3.67.